The van der Waals surface area contributed by atoms with E-state index in [1.807, 2.05) is 7.05 Å². The van der Waals surface area contributed by atoms with Gasteiger partial charge in [-0.05, 0) is 52.0 Å². The van der Waals surface area contributed by atoms with Gasteiger partial charge in [0.2, 0.25) is 0 Å². The van der Waals surface area contributed by atoms with Crippen molar-refractivity contribution in [3.63, 3.8) is 0 Å². The molecule has 1 unspecified atom stereocenters. The lowest BCUT2D eigenvalue weighted by molar-refractivity contribution is -0.0980. The molecule has 0 bridgehead atoms. The van der Waals surface area contributed by atoms with Crippen molar-refractivity contribution in [2.75, 3.05) is 13.6 Å². The topological polar surface area (TPSA) is 21.3 Å². The predicted octanol–water partition coefficient (Wildman–Crippen LogP) is 2.97. The highest BCUT2D eigenvalue weighted by Gasteiger charge is 2.28. The molecule has 1 rings (SSSR count). The second-order valence-corrected chi connectivity index (χ2v) is 5.33. The Bertz CT molecular complexity index is 175. The smallest absolute Gasteiger partial charge is 0.0779 e. The van der Waals surface area contributed by atoms with Gasteiger partial charge in [-0.3, -0.25) is 0 Å². The van der Waals surface area contributed by atoms with Gasteiger partial charge in [0.05, 0.1) is 11.7 Å². The van der Waals surface area contributed by atoms with Crippen molar-refractivity contribution >= 4 is 0 Å². The van der Waals surface area contributed by atoms with Crippen LogP contribution in [-0.2, 0) is 4.74 Å². The summed E-state index contributed by atoms with van der Waals surface area (Å²) in [5.41, 5.74) is 0.0278. The van der Waals surface area contributed by atoms with E-state index in [-0.39, 0.29) is 5.60 Å². The molecule has 1 aliphatic rings. The number of nitrogens with one attached hydrogen (secondary N) is 1. The van der Waals surface area contributed by atoms with Gasteiger partial charge >= 0.3 is 0 Å². The summed E-state index contributed by atoms with van der Waals surface area (Å²) in [6.07, 6.45) is 6.76. The first kappa shape index (κ1) is 13.0. The van der Waals surface area contributed by atoms with Crippen LogP contribution in [0.4, 0.5) is 0 Å². The number of ether oxygens (including phenoxy) is 1. The Hall–Kier alpha value is -0.0800. The third kappa shape index (κ3) is 4.12. The van der Waals surface area contributed by atoms with Crippen molar-refractivity contribution in [1.82, 2.24) is 5.32 Å². The molecular weight excluding hydrogens is 186 g/mol. The molecule has 0 heterocycles. The highest BCUT2D eigenvalue weighted by Crippen LogP contribution is 2.29. The van der Waals surface area contributed by atoms with Crippen molar-refractivity contribution in [2.45, 2.75) is 64.6 Å². The predicted molar refractivity (Wildman–Crippen MR) is 65.1 cm³/mol. The average Bonchev–Trinajstić information content (AvgIpc) is 2.22. The van der Waals surface area contributed by atoms with Crippen molar-refractivity contribution in [2.24, 2.45) is 5.92 Å². The summed E-state index contributed by atoms with van der Waals surface area (Å²) in [5.74, 6) is 0.905. The Labute approximate surface area is 94.8 Å². The Morgan fingerprint density at radius 2 is 1.87 bits per heavy atom. The fraction of sp³-hybridized carbons (Fsp3) is 1.00. The van der Waals surface area contributed by atoms with Crippen LogP contribution in [0.5, 0.6) is 0 Å². The van der Waals surface area contributed by atoms with Crippen molar-refractivity contribution in [3.8, 4) is 0 Å². The van der Waals surface area contributed by atoms with Crippen LogP contribution in [0.25, 0.3) is 0 Å². The Morgan fingerprint density at radius 1 is 1.27 bits per heavy atom. The van der Waals surface area contributed by atoms with Crippen molar-refractivity contribution in [1.29, 1.82) is 0 Å². The lowest BCUT2D eigenvalue weighted by Gasteiger charge is -2.36. The van der Waals surface area contributed by atoms with Gasteiger partial charge in [-0.25, -0.2) is 0 Å². The van der Waals surface area contributed by atoms with E-state index in [1.54, 1.807) is 0 Å². The normalized spacial score (nSPS) is 31.2. The summed E-state index contributed by atoms with van der Waals surface area (Å²) in [7, 11) is 2.00. The van der Waals surface area contributed by atoms with E-state index < -0.39 is 0 Å². The highest BCUT2D eigenvalue weighted by atomic mass is 16.5. The zero-order chi connectivity index (χ0) is 11.3. The molecular formula is C13H27NO. The van der Waals surface area contributed by atoms with Gasteiger partial charge in [-0.15, -0.1) is 0 Å². The van der Waals surface area contributed by atoms with Crippen LogP contribution in [0.1, 0.15) is 52.9 Å². The van der Waals surface area contributed by atoms with Gasteiger partial charge in [-0.2, -0.15) is 0 Å². The second-order valence-electron chi connectivity index (χ2n) is 5.33. The lowest BCUT2D eigenvalue weighted by atomic mass is 9.88. The molecule has 2 heteroatoms. The number of likely N-dealkylation sites (N-methyl/N-ethyl adjacent to an activating group) is 1. The standard InChI is InChI=1S/C13H27NO/c1-5-13(3,10-14-4)15-12-8-6-11(2)7-9-12/h11-12,14H,5-10H2,1-4H3. The van der Waals surface area contributed by atoms with Crippen LogP contribution in [0, 0.1) is 5.92 Å². The number of hydrogen-bond donors (Lipinski definition) is 1. The molecule has 0 aromatic carbocycles. The second kappa shape index (κ2) is 5.86. The largest absolute Gasteiger partial charge is 0.371 e. The quantitative estimate of drug-likeness (QED) is 0.758. The van der Waals surface area contributed by atoms with Gasteiger partial charge in [-0.1, -0.05) is 13.8 Å². The minimum atomic E-state index is 0.0278. The molecule has 0 aliphatic heterocycles. The third-order valence-corrected chi connectivity index (χ3v) is 3.71. The minimum Gasteiger partial charge on any atom is -0.371 e. The summed E-state index contributed by atoms with van der Waals surface area (Å²) >= 11 is 0. The SMILES string of the molecule is CCC(C)(CNC)OC1CCC(C)CC1. The van der Waals surface area contributed by atoms with Crippen LogP contribution in [-0.4, -0.2) is 25.3 Å². The van der Waals surface area contributed by atoms with Crippen LogP contribution < -0.4 is 5.32 Å². The molecule has 0 radical (unpaired) electrons. The van der Waals surface area contributed by atoms with E-state index in [0.717, 1.165) is 18.9 Å². The number of rotatable bonds is 5. The van der Waals surface area contributed by atoms with E-state index in [4.69, 9.17) is 4.74 Å². The molecule has 1 N–H and O–H groups in total. The van der Waals surface area contributed by atoms with Gasteiger partial charge in [0.15, 0.2) is 0 Å². The summed E-state index contributed by atoms with van der Waals surface area (Å²) in [6, 6.07) is 0. The Morgan fingerprint density at radius 3 is 2.33 bits per heavy atom. The molecule has 0 aromatic heterocycles. The molecule has 0 spiro atoms. The van der Waals surface area contributed by atoms with E-state index >= 15 is 0 Å². The van der Waals surface area contributed by atoms with Crippen LogP contribution in [0.3, 0.4) is 0 Å². The van der Waals surface area contributed by atoms with Crippen LogP contribution >= 0.6 is 0 Å². The molecule has 1 saturated carbocycles. The first-order chi connectivity index (χ1) is 7.09. The first-order valence-corrected chi connectivity index (χ1v) is 6.42. The molecule has 1 atom stereocenters. The molecule has 1 fully saturated rings. The third-order valence-electron chi connectivity index (χ3n) is 3.71. The Balaban J connectivity index is 2.38. The summed E-state index contributed by atoms with van der Waals surface area (Å²) in [6.45, 7) is 7.74. The zero-order valence-corrected chi connectivity index (χ0v) is 10.8. The molecule has 0 amide bonds. The van der Waals surface area contributed by atoms with Crippen molar-refractivity contribution in [3.05, 3.63) is 0 Å². The minimum absolute atomic E-state index is 0.0278. The fourth-order valence-electron chi connectivity index (χ4n) is 2.37. The van der Waals surface area contributed by atoms with E-state index in [1.165, 1.54) is 25.7 Å². The van der Waals surface area contributed by atoms with Gasteiger partial charge in [0, 0.05) is 6.54 Å². The van der Waals surface area contributed by atoms with Crippen LogP contribution in [0.2, 0.25) is 0 Å². The van der Waals surface area contributed by atoms with Gasteiger partial charge in [0.25, 0.3) is 0 Å². The highest BCUT2D eigenvalue weighted by molar-refractivity contribution is 4.80. The summed E-state index contributed by atoms with van der Waals surface area (Å²) in [5, 5.41) is 3.23. The van der Waals surface area contributed by atoms with E-state index in [9.17, 15) is 0 Å². The molecule has 0 aromatic rings. The maximum Gasteiger partial charge on any atom is 0.0779 e. The molecule has 90 valence electrons. The number of hydrogen-bond acceptors (Lipinski definition) is 2. The lowest BCUT2D eigenvalue weighted by Crippen LogP contribution is -2.42. The summed E-state index contributed by atoms with van der Waals surface area (Å²) in [4.78, 5) is 0. The molecule has 1 aliphatic carbocycles. The monoisotopic (exact) mass is 213 g/mol. The Kier molecular flexibility index (Phi) is 5.07. The average molecular weight is 213 g/mol. The maximum absolute atomic E-state index is 6.25. The maximum atomic E-state index is 6.25. The van der Waals surface area contributed by atoms with Crippen LogP contribution in [0.15, 0.2) is 0 Å². The zero-order valence-electron chi connectivity index (χ0n) is 10.8. The van der Waals surface area contributed by atoms with Gasteiger partial charge in [0.1, 0.15) is 0 Å². The fourth-order valence-corrected chi connectivity index (χ4v) is 2.37. The molecule has 0 saturated heterocycles. The summed E-state index contributed by atoms with van der Waals surface area (Å²) < 4.78 is 6.25. The molecule has 15 heavy (non-hydrogen) atoms. The van der Waals surface area contributed by atoms with E-state index in [0.29, 0.717) is 6.10 Å². The first-order valence-electron chi connectivity index (χ1n) is 6.42. The van der Waals surface area contributed by atoms with Crippen molar-refractivity contribution < 1.29 is 4.74 Å². The molecule has 2 nitrogen and oxygen atoms in total. The van der Waals surface area contributed by atoms with E-state index in [2.05, 4.69) is 26.1 Å². The van der Waals surface area contributed by atoms with Gasteiger partial charge < -0.3 is 10.1 Å².